The number of anilines is 1. The fraction of sp³-hybridized carbons (Fsp3) is 0.200. The first-order valence-corrected chi connectivity index (χ1v) is 4.77. The molecule has 0 spiro atoms. The molecule has 0 aromatic carbocycles. The molecule has 17 heavy (non-hydrogen) atoms. The molecule has 2 rings (SSSR count). The van der Waals surface area contributed by atoms with E-state index in [1.54, 1.807) is 12.1 Å². The molecule has 0 amide bonds. The summed E-state index contributed by atoms with van der Waals surface area (Å²) >= 11 is 0. The summed E-state index contributed by atoms with van der Waals surface area (Å²) in [7, 11) is 0. The lowest BCUT2D eigenvalue weighted by molar-refractivity contribution is -0.141. The average Bonchev–Trinajstić information content (AvgIpc) is 2.69. The smallest absolute Gasteiger partial charge is 0.383 e. The molecule has 0 atom stereocenters. The molecule has 0 saturated carbocycles. The molecule has 0 radical (unpaired) electrons. The van der Waals surface area contributed by atoms with Crippen LogP contribution < -0.4 is 5.73 Å². The maximum atomic E-state index is 12.3. The Morgan fingerprint density at radius 3 is 2.65 bits per heavy atom. The van der Waals surface area contributed by atoms with Gasteiger partial charge >= 0.3 is 6.18 Å². The molecule has 2 heterocycles. The van der Waals surface area contributed by atoms with Crippen LogP contribution in [0.25, 0.3) is 0 Å². The molecule has 0 saturated heterocycles. The molecule has 0 aliphatic carbocycles. The van der Waals surface area contributed by atoms with Gasteiger partial charge in [0.05, 0.1) is 6.54 Å². The normalized spacial score (nSPS) is 11.7. The number of hydrogen-bond donors (Lipinski definition) is 1. The Morgan fingerprint density at radius 1 is 1.29 bits per heavy atom. The van der Waals surface area contributed by atoms with E-state index < -0.39 is 11.9 Å². The summed E-state index contributed by atoms with van der Waals surface area (Å²) in [6, 6.07) is 4.28. The van der Waals surface area contributed by atoms with Gasteiger partial charge in [-0.25, -0.2) is 4.98 Å². The van der Waals surface area contributed by atoms with E-state index in [9.17, 15) is 13.2 Å². The van der Waals surface area contributed by atoms with Gasteiger partial charge in [0.15, 0.2) is 5.69 Å². The molecule has 2 aromatic rings. The summed E-state index contributed by atoms with van der Waals surface area (Å²) in [6.45, 7) is 0.162. The van der Waals surface area contributed by atoms with Crippen molar-refractivity contribution in [2.45, 2.75) is 12.7 Å². The van der Waals surface area contributed by atoms with Crippen LogP contribution in [0.5, 0.6) is 0 Å². The number of nitrogens with two attached hydrogens (primary N) is 1. The lowest BCUT2D eigenvalue weighted by Crippen LogP contribution is -2.09. The molecule has 0 fully saturated rings. The molecule has 0 bridgehead atoms. The minimum absolute atomic E-state index is 0.162. The van der Waals surface area contributed by atoms with E-state index in [0.717, 1.165) is 6.07 Å². The Morgan fingerprint density at radius 2 is 2.06 bits per heavy atom. The van der Waals surface area contributed by atoms with Crippen LogP contribution in [0.4, 0.5) is 19.0 Å². The first-order chi connectivity index (χ1) is 7.97. The van der Waals surface area contributed by atoms with Crippen molar-refractivity contribution in [3.63, 3.8) is 0 Å². The molecule has 7 heteroatoms. The zero-order chi connectivity index (χ0) is 12.5. The monoisotopic (exact) mass is 242 g/mol. The predicted molar refractivity (Wildman–Crippen MR) is 55.0 cm³/mol. The summed E-state index contributed by atoms with van der Waals surface area (Å²) in [4.78, 5) is 3.85. The van der Waals surface area contributed by atoms with Gasteiger partial charge in [0, 0.05) is 18.0 Å². The standard InChI is InChI=1S/C10H9F3N4/c11-10(12,13)8-3-5-17(16-8)6-7-2-1-4-15-9(7)14/h1-5H,6H2,(H2,14,15). The van der Waals surface area contributed by atoms with E-state index in [0.29, 0.717) is 5.56 Å². The second kappa shape index (κ2) is 4.08. The van der Waals surface area contributed by atoms with Gasteiger partial charge in [-0.1, -0.05) is 6.07 Å². The fourth-order valence-electron chi connectivity index (χ4n) is 1.36. The molecule has 0 aliphatic heterocycles. The number of halogens is 3. The van der Waals surface area contributed by atoms with Gasteiger partial charge < -0.3 is 5.73 Å². The van der Waals surface area contributed by atoms with Crippen LogP contribution >= 0.6 is 0 Å². The van der Waals surface area contributed by atoms with Crippen LogP contribution in [0.1, 0.15) is 11.3 Å². The highest BCUT2D eigenvalue weighted by atomic mass is 19.4. The van der Waals surface area contributed by atoms with Crippen LogP contribution in [0.3, 0.4) is 0 Å². The van der Waals surface area contributed by atoms with Crippen molar-refractivity contribution in [1.82, 2.24) is 14.8 Å². The van der Waals surface area contributed by atoms with Gasteiger partial charge in [-0.3, -0.25) is 4.68 Å². The van der Waals surface area contributed by atoms with Crippen molar-refractivity contribution in [3.05, 3.63) is 41.9 Å². The quantitative estimate of drug-likeness (QED) is 0.875. The lowest BCUT2D eigenvalue weighted by atomic mass is 10.2. The van der Waals surface area contributed by atoms with Gasteiger partial charge in [-0.05, 0) is 12.1 Å². The maximum absolute atomic E-state index is 12.3. The summed E-state index contributed by atoms with van der Waals surface area (Å²) in [5.74, 6) is 0.288. The second-order valence-corrected chi connectivity index (χ2v) is 3.44. The topological polar surface area (TPSA) is 56.7 Å². The number of alkyl halides is 3. The average molecular weight is 242 g/mol. The summed E-state index contributed by atoms with van der Waals surface area (Å²) in [5.41, 5.74) is 5.30. The van der Waals surface area contributed by atoms with Gasteiger partial charge in [0.2, 0.25) is 0 Å². The van der Waals surface area contributed by atoms with Gasteiger partial charge in [0.25, 0.3) is 0 Å². The number of nitrogens with zero attached hydrogens (tertiary/aromatic N) is 3. The van der Waals surface area contributed by atoms with Crippen LogP contribution in [0, 0.1) is 0 Å². The van der Waals surface area contributed by atoms with Gasteiger partial charge in [-0.2, -0.15) is 18.3 Å². The van der Waals surface area contributed by atoms with E-state index in [4.69, 9.17) is 5.73 Å². The Labute approximate surface area is 94.9 Å². The summed E-state index contributed by atoms with van der Waals surface area (Å²) < 4.78 is 38.1. The third-order valence-electron chi connectivity index (χ3n) is 2.19. The van der Waals surface area contributed by atoms with Gasteiger partial charge in [-0.15, -0.1) is 0 Å². The SMILES string of the molecule is Nc1ncccc1Cn1ccc(C(F)(F)F)n1. The molecule has 2 N–H and O–H groups in total. The number of hydrogen-bond acceptors (Lipinski definition) is 3. The highest BCUT2D eigenvalue weighted by Crippen LogP contribution is 2.27. The molecule has 0 aliphatic rings. The zero-order valence-electron chi connectivity index (χ0n) is 8.65. The highest BCUT2D eigenvalue weighted by molar-refractivity contribution is 5.38. The maximum Gasteiger partial charge on any atom is 0.435 e. The van der Waals surface area contributed by atoms with E-state index >= 15 is 0 Å². The van der Waals surface area contributed by atoms with Crippen molar-refractivity contribution in [1.29, 1.82) is 0 Å². The lowest BCUT2D eigenvalue weighted by Gasteiger charge is -2.05. The molecular weight excluding hydrogens is 233 g/mol. The highest BCUT2D eigenvalue weighted by Gasteiger charge is 2.33. The van der Waals surface area contributed by atoms with E-state index in [1.807, 2.05) is 0 Å². The summed E-state index contributed by atoms with van der Waals surface area (Å²) in [5, 5.41) is 3.43. The minimum Gasteiger partial charge on any atom is -0.383 e. The van der Waals surface area contributed by atoms with Crippen molar-refractivity contribution < 1.29 is 13.2 Å². The van der Waals surface area contributed by atoms with Crippen LogP contribution in [0.2, 0.25) is 0 Å². The second-order valence-electron chi connectivity index (χ2n) is 3.44. The largest absolute Gasteiger partial charge is 0.435 e. The fourth-order valence-corrected chi connectivity index (χ4v) is 1.36. The molecule has 90 valence electrons. The summed E-state index contributed by atoms with van der Waals surface area (Å²) in [6.07, 6.45) is -1.65. The van der Waals surface area contributed by atoms with Crippen molar-refractivity contribution in [3.8, 4) is 0 Å². The van der Waals surface area contributed by atoms with Crippen LogP contribution in [-0.2, 0) is 12.7 Å². The zero-order valence-corrected chi connectivity index (χ0v) is 8.65. The molecule has 0 unspecified atom stereocenters. The van der Waals surface area contributed by atoms with Crippen LogP contribution in [0.15, 0.2) is 30.6 Å². The molecule has 2 aromatic heterocycles. The van der Waals surface area contributed by atoms with E-state index in [-0.39, 0.29) is 12.4 Å². The molecule has 4 nitrogen and oxygen atoms in total. The first kappa shape index (κ1) is 11.4. The van der Waals surface area contributed by atoms with Crippen molar-refractivity contribution in [2.75, 3.05) is 5.73 Å². The number of rotatable bonds is 2. The van der Waals surface area contributed by atoms with Crippen molar-refractivity contribution >= 4 is 5.82 Å². The number of nitrogen functional groups attached to an aromatic ring is 1. The van der Waals surface area contributed by atoms with Gasteiger partial charge in [0.1, 0.15) is 5.82 Å². The Bertz CT molecular complexity index is 518. The first-order valence-electron chi connectivity index (χ1n) is 4.77. The third-order valence-corrected chi connectivity index (χ3v) is 2.19. The van der Waals surface area contributed by atoms with Crippen LogP contribution in [-0.4, -0.2) is 14.8 Å². The molecular formula is C10H9F3N4. The Hall–Kier alpha value is -2.05. The Balaban J connectivity index is 2.21. The van der Waals surface area contributed by atoms with Crippen molar-refractivity contribution in [2.24, 2.45) is 0 Å². The Kier molecular flexibility index (Phi) is 2.74. The third kappa shape index (κ3) is 2.55. The predicted octanol–water partition coefficient (Wildman–Crippen LogP) is 1.93. The van der Waals surface area contributed by atoms with E-state index in [2.05, 4.69) is 10.1 Å². The van der Waals surface area contributed by atoms with E-state index in [1.165, 1.54) is 17.1 Å². The number of pyridine rings is 1. The minimum atomic E-state index is -4.42. The number of aromatic nitrogens is 3.